The van der Waals surface area contributed by atoms with Crippen molar-refractivity contribution in [2.45, 2.75) is 12.2 Å². The SMILES string of the molecule is O=C(O)C(O)C(O)C(=O)O.[H+].[Mg+2]. The van der Waals surface area contributed by atoms with Gasteiger partial charge in [0.1, 0.15) is 0 Å². The molecule has 0 heterocycles. The van der Waals surface area contributed by atoms with Gasteiger partial charge in [-0.15, -0.1) is 0 Å². The van der Waals surface area contributed by atoms with E-state index in [0.717, 1.165) is 0 Å². The molecule has 4 N–H and O–H groups in total. The van der Waals surface area contributed by atoms with Crippen LogP contribution in [-0.2, 0) is 9.59 Å². The molecular weight excluding hydrogens is 168 g/mol. The third kappa shape index (κ3) is 4.14. The molecule has 0 saturated heterocycles. The molecule has 0 rings (SSSR count). The summed E-state index contributed by atoms with van der Waals surface area (Å²) in [5.74, 6) is -3.54. The maximum Gasteiger partial charge on any atom is 2.00 e. The summed E-state index contributed by atoms with van der Waals surface area (Å²) in [5.41, 5.74) is 0. The van der Waals surface area contributed by atoms with E-state index in [4.69, 9.17) is 20.4 Å². The summed E-state index contributed by atoms with van der Waals surface area (Å²) in [5, 5.41) is 32.5. The number of rotatable bonds is 3. The average molecular weight is 175 g/mol. The van der Waals surface area contributed by atoms with E-state index in [2.05, 4.69) is 0 Å². The van der Waals surface area contributed by atoms with Crippen molar-refractivity contribution in [3.63, 3.8) is 0 Å². The predicted molar refractivity (Wildman–Crippen MR) is 34.2 cm³/mol. The Balaban J connectivity index is -0.000000405. The number of carboxylic acid groups (broad SMARTS) is 2. The van der Waals surface area contributed by atoms with E-state index in [1.54, 1.807) is 0 Å². The topological polar surface area (TPSA) is 115 Å². The van der Waals surface area contributed by atoms with E-state index >= 15 is 0 Å². The zero-order valence-electron chi connectivity index (χ0n) is 6.47. The molecule has 0 spiro atoms. The van der Waals surface area contributed by atoms with Gasteiger partial charge < -0.3 is 20.4 Å². The fraction of sp³-hybridized carbons (Fsp3) is 0.500. The van der Waals surface area contributed by atoms with Crippen LogP contribution < -0.4 is 0 Å². The molecular formula is C4H7MgO6+3. The van der Waals surface area contributed by atoms with Crippen LogP contribution in [0.4, 0.5) is 0 Å². The second-order valence-corrected chi connectivity index (χ2v) is 1.57. The monoisotopic (exact) mass is 175 g/mol. The first-order valence-electron chi connectivity index (χ1n) is 2.28. The van der Waals surface area contributed by atoms with Crippen molar-refractivity contribution >= 4 is 35.0 Å². The first kappa shape index (κ1) is 13.2. The molecule has 0 radical (unpaired) electrons. The third-order valence-electron chi connectivity index (χ3n) is 0.805. The van der Waals surface area contributed by atoms with Gasteiger partial charge in [-0.05, 0) is 0 Å². The Morgan fingerprint density at radius 3 is 1.27 bits per heavy atom. The summed E-state index contributed by atoms with van der Waals surface area (Å²) in [7, 11) is 0. The Bertz CT molecular complexity index is 144. The van der Waals surface area contributed by atoms with Crippen LogP contribution in [0.3, 0.4) is 0 Å². The summed E-state index contributed by atoms with van der Waals surface area (Å²) in [6.07, 6.45) is -4.53. The number of aliphatic hydroxyl groups excluding tert-OH is 2. The van der Waals surface area contributed by atoms with Crippen LogP contribution >= 0.6 is 0 Å². The van der Waals surface area contributed by atoms with Crippen molar-refractivity contribution in [2.75, 3.05) is 0 Å². The van der Waals surface area contributed by atoms with E-state index < -0.39 is 24.1 Å². The molecule has 0 fully saturated rings. The van der Waals surface area contributed by atoms with Crippen LogP contribution in [0.1, 0.15) is 1.43 Å². The molecule has 11 heavy (non-hydrogen) atoms. The van der Waals surface area contributed by atoms with Gasteiger partial charge >= 0.3 is 36.4 Å². The summed E-state index contributed by atoms with van der Waals surface area (Å²) < 4.78 is 0. The fourth-order valence-corrected chi connectivity index (χ4v) is 0.270. The Morgan fingerprint density at radius 2 is 1.18 bits per heavy atom. The van der Waals surface area contributed by atoms with Crippen molar-refractivity contribution in [2.24, 2.45) is 0 Å². The molecule has 0 aromatic heterocycles. The first-order chi connectivity index (χ1) is 4.46. The zero-order chi connectivity index (χ0) is 8.31. The molecule has 0 amide bonds. The van der Waals surface area contributed by atoms with Crippen molar-refractivity contribution in [3.05, 3.63) is 0 Å². The Morgan fingerprint density at radius 1 is 1.00 bits per heavy atom. The van der Waals surface area contributed by atoms with Gasteiger partial charge in [0.25, 0.3) is 0 Å². The molecule has 58 valence electrons. The number of hydrogen-bond acceptors (Lipinski definition) is 4. The van der Waals surface area contributed by atoms with Gasteiger partial charge in [0.2, 0.25) is 0 Å². The van der Waals surface area contributed by atoms with Crippen LogP contribution in [0.15, 0.2) is 0 Å². The number of hydrogen-bond donors (Lipinski definition) is 4. The van der Waals surface area contributed by atoms with Crippen molar-refractivity contribution < 1.29 is 31.4 Å². The number of aliphatic carboxylic acids is 2. The second kappa shape index (κ2) is 5.30. The third-order valence-corrected chi connectivity index (χ3v) is 0.805. The van der Waals surface area contributed by atoms with Gasteiger partial charge in [-0.2, -0.15) is 0 Å². The van der Waals surface area contributed by atoms with Crippen LogP contribution in [0.5, 0.6) is 0 Å². The molecule has 0 aliphatic carbocycles. The predicted octanol–water partition coefficient (Wildman–Crippen LogP) is -2.39. The molecule has 0 aliphatic heterocycles. The van der Waals surface area contributed by atoms with Crippen LogP contribution in [-0.4, -0.2) is 67.6 Å². The molecule has 0 aromatic carbocycles. The summed E-state index contributed by atoms with van der Waals surface area (Å²) in [6, 6.07) is 0. The molecule has 7 heteroatoms. The normalized spacial score (nSPS) is 14.4. The minimum absolute atomic E-state index is 0. The van der Waals surface area contributed by atoms with Crippen molar-refractivity contribution in [1.29, 1.82) is 0 Å². The number of aliphatic hydroxyl groups is 2. The molecule has 0 aromatic rings. The van der Waals surface area contributed by atoms with Crippen LogP contribution in [0, 0.1) is 0 Å². The number of carboxylic acids is 2. The molecule has 0 bridgehead atoms. The molecule has 0 saturated carbocycles. The molecule has 2 unspecified atom stereocenters. The van der Waals surface area contributed by atoms with Gasteiger partial charge in [0, 0.05) is 0 Å². The maximum atomic E-state index is 9.77. The van der Waals surface area contributed by atoms with Gasteiger partial charge in [0.05, 0.1) is 0 Å². The zero-order valence-corrected chi connectivity index (χ0v) is 6.88. The van der Waals surface area contributed by atoms with Crippen LogP contribution in [0.2, 0.25) is 0 Å². The largest absolute Gasteiger partial charge is 2.00 e. The van der Waals surface area contributed by atoms with E-state index in [-0.39, 0.29) is 24.5 Å². The van der Waals surface area contributed by atoms with Gasteiger partial charge in [0.15, 0.2) is 12.2 Å². The van der Waals surface area contributed by atoms with E-state index in [9.17, 15) is 9.59 Å². The summed E-state index contributed by atoms with van der Waals surface area (Å²) in [6.45, 7) is 0. The smallest absolute Gasteiger partial charge is 0.479 e. The Hall–Kier alpha value is -0.374. The van der Waals surface area contributed by atoms with Gasteiger partial charge in [-0.1, -0.05) is 0 Å². The quantitative estimate of drug-likeness (QED) is 0.356. The van der Waals surface area contributed by atoms with E-state index in [1.807, 2.05) is 0 Å². The molecule has 2 atom stereocenters. The fourth-order valence-electron chi connectivity index (χ4n) is 0.270. The minimum Gasteiger partial charge on any atom is -0.479 e. The molecule has 6 nitrogen and oxygen atoms in total. The Labute approximate surface area is 79.1 Å². The second-order valence-electron chi connectivity index (χ2n) is 1.57. The standard InChI is InChI=1S/C4H6O6.Mg/c5-1(3(7)8)2(6)4(9)10;/h1-2,5-6H,(H,7,8)(H,9,10);/q;+2/p+1. The summed E-state index contributed by atoms with van der Waals surface area (Å²) >= 11 is 0. The van der Waals surface area contributed by atoms with Crippen LogP contribution in [0.25, 0.3) is 0 Å². The average Bonchev–Trinajstić information content (AvgIpc) is 1.84. The van der Waals surface area contributed by atoms with Crippen molar-refractivity contribution in [1.82, 2.24) is 0 Å². The van der Waals surface area contributed by atoms with Crippen molar-refractivity contribution in [3.8, 4) is 0 Å². The van der Waals surface area contributed by atoms with E-state index in [0.29, 0.717) is 0 Å². The van der Waals surface area contributed by atoms with Gasteiger partial charge in [-0.3, -0.25) is 0 Å². The van der Waals surface area contributed by atoms with Gasteiger partial charge in [-0.25, -0.2) is 9.59 Å². The Kier molecular flexibility index (Phi) is 6.37. The molecule has 0 aliphatic rings. The number of carbonyl (C=O) groups is 2. The first-order valence-corrected chi connectivity index (χ1v) is 2.28. The summed E-state index contributed by atoms with van der Waals surface area (Å²) in [4.78, 5) is 19.5. The van der Waals surface area contributed by atoms with E-state index in [1.165, 1.54) is 0 Å². The maximum absolute atomic E-state index is 9.77. The minimum atomic E-state index is -2.27.